The number of rotatable bonds is 2. The smallest absolute Gasteiger partial charge is 0.108 e. The molecule has 0 radical (unpaired) electrons. The Kier molecular flexibility index (Phi) is 8.33. The fourth-order valence-corrected chi connectivity index (χ4v) is 2.27. The van der Waals surface area contributed by atoms with E-state index in [4.69, 9.17) is 5.73 Å². The molecule has 0 spiro atoms. The van der Waals surface area contributed by atoms with E-state index in [1.807, 2.05) is 0 Å². The first-order chi connectivity index (χ1) is 8.43. The molecule has 0 aliphatic heterocycles. The summed E-state index contributed by atoms with van der Waals surface area (Å²) in [6, 6.07) is 0. The Bertz CT molecular complexity index is 222. The van der Waals surface area contributed by atoms with E-state index in [-0.39, 0.29) is 0 Å². The minimum absolute atomic E-state index is 1.10. The van der Waals surface area contributed by atoms with E-state index in [0.717, 1.165) is 12.8 Å². The van der Waals surface area contributed by atoms with Gasteiger partial charge < -0.3 is 5.73 Å². The Morgan fingerprint density at radius 1 is 0.824 bits per heavy atom. The monoisotopic (exact) mass is 238 g/mol. The van der Waals surface area contributed by atoms with E-state index < -0.39 is 0 Å². The predicted molar refractivity (Wildman–Crippen MR) is 74.0 cm³/mol. The SMILES string of the molecule is N/C=N\NN=C1CCCCCCCCCCC1. The third-order valence-corrected chi connectivity index (χ3v) is 3.27. The molecule has 0 aromatic carbocycles. The quantitative estimate of drug-likeness (QED) is 0.441. The van der Waals surface area contributed by atoms with E-state index in [0.29, 0.717) is 0 Å². The van der Waals surface area contributed by atoms with Crippen LogP contribution in [0.15, 0.2) is 10.2 Å². The third kappa shape index (κ3) is 7.77. The summed E-state index contributed by atoms with van der Waals surface area (Å²) in [5.41, 5.74) is 9.06. The Balaban J connectivity index is 2.34. The molecule has 1 aliphatic rings. The molecule has 3 N–H and O–H groups in total. The van der Waals surface area contributed by atoms with Crippen LogP contribution in [-0.2, 0) is 0 Å². The average Bonchev–Trinajstić information content (AvgIpc) is 2.32. The van der Waals surface area contributed by atoms with Gasteiger partial charge in [0.05, 0.1) is 0 Å². The standard InChI is InChI=1S/C13H26N4/c14-12-15-17-16-13-10-8-6-4-2-1-3-5-7-9-11-13/h12,17H,1-11H2,(H2,14,15). The fraction of sp³-hybridized carbons (Fsp3) is 0.846. The van der Waals surface area contributed by atoms with Gasteiger partial charge in [0, 0.05) is 5.71 Å². The summed E-state index contributed by atoms with van der Waals surface area (Å²) in [5, 5.41) is 8.00. The zero-order valence-electron chi connectivity index (χ0n) is 10.8. The van der Waals surface area contributed by atoms with Crippen molar-refractivity contribution in [2.75, 3.05) is 0 Å². The maximum Gasteiger partial charge on any atom is 0.108 e. The lowest BCUT2D eigenvalue weighted by atomic mass is 10.00. The van der Waals surface area contributed by atoms with Gasteiger partial charge in [0.2, 0.25) is 0 Å². The summed E-state index contributed by atoms with van der Waals surface area (Å²) in [5.74, 6) is 0. The van der Waals surface area contributed by atoms with Crippen LogP contribution in [0.1, 0.15) is 70.6 Å². The molecule has 1 saturated carbocycles. The van der Waals surface area contributed by atoms with Crippen molar-refractivity contribution in [3.8, 4) is 0 Å². The normalized spacial score (nSPS) is 20.6. The van der Waals surface area contributed by atoms with E-state index in [1.54, 1.807) is 0 Å². The molecule has 4 heteroatoms. The molecule has 1 rings (SSSR count). The Hall–Kier alpha value is -1.06. The number of nitrogens with zero attached hydrogens (tertiary/aromatic N) is 2. The summed E-state index contributed by atoms with van der Waals surface area (Å²) in [7, 11) is 0. The second-order valence-corrected chi connectivity index (χ2v) is 4.74. The number of nitrogens with one attached hydrogen (secondary N) is 1. The molecule has 0 bridgehead atoms. The topological polar surface area (TPSA) is 62.8 Å². The van der Waals surface area contributed by atoms with E-state index in [9.17, 15) is 0 Å². The van der Waals surface area contributed by atoms with Crippen molar-refractivity contribution in [3.63, 3.8) is 0 Å². The summed E-state index contributed by atoms with van der Waals surface area (Å²) in [6.07, 6.45) is 15.6. The molecule has 0 heterocycles. The Labute approximate surface area is 105 Å². The highest BCUT2D eigenvalue weighted by molar-refractivity contribution is 5.84. The fourth-order valence-electron chi connectivity index (χ4n) is 2.27. The van der Waals surface area contributed by atoms with Crippen LogP contribution in [0.25, 0.3) is 0 Å². The molecule has 0 aromatic rings. The minimum atomic E-state index is 1.10. The molecular formula is C13H26N4. The highest BCUT2D eigenvalue weighted by Crippen LogP contribution is 2.15. The number of hydrogen-bond donors (Lipinski definition) is 2. The minimum Gasteiger partial charge on any atom is -0.388 e. The largest absolute Gasteiger partial charge is 0.388 e. The van der Waals surface area contributed by atoms with Gasteiger partial charge in [0.15, 0.2) is 0 Å². The van der Waals surface area contributed by atoms with Gasteiger partial charge in [-0.3, -0.25) is 0 Å². The van der Waals surface area contributed by atoms with Crippen LogP contribution in [0.4, 0.5) is 0 Å². The van der Waals surface area contributed by atoms with Gasteiger partial charge in [0.1, 0.15) is 6.34 Å². The first-order valence-electron chi connectivity index (χ1n) is 6.97. The predicted octanol–water partition coefficient (Wildman–Crippen LogP) is 3.14. The van der Waals surface area contributed by atoms with Crippen LogP contribution in [0.3, 0.4) is 0 Å². The molecule has 0 atom stereocenters. The molecule has 0 unspecified atom stereocenters. The average molecular weight is 238 g/mol. The second kappa shape index (κ2) is 10.1. The first kappa shape index (κ1) is 14.0. The Morgan fingerprint density at radius 2 is 1.29 bits per heavy atom. The molecule has 0 amide bonds. The van der Waals surface area contributed by atoms with Gasteiger partial charge in [-0.05, 0) is 25.7 Å². The maximum atomic E-state index is 5.16. The van der Waals surface area contributed by atoms with Crippen molar-refractivity contribution >= 4 is 12.1 Å². The van der Waals surface area contributed by atoms with Gasteiger partial charge in [-0.15, -0.1) is 5.10 Å². The van der Waals surface area contributed by atoms with E-state index >= 15 is 0 Å². The Morgan fingerprint density at radius 3 is 1.76 bits per heavy atom. The molecule has 17 heavy (non-hydrogen) atoms. The molecule has 1 fully saturated rings. The highest BCUT2D eigenvalue weighted by atomic mass is 15.5. The van der Waals surface area contributed by atoms with Gasteiger partial charge in [-0.25, -0.2) is 0 Å². The van der Waals surface area contributed by atoms with Gasteiger partial charge in [-0.1, -0.05) is 44.9 Å². The van der Waals surface area contributed by atoms with Crippen LogP contribution in [0.2, 0.25) is 0 Å². The van der Waals surface area contributed by atoms with Crippen LogP contribution >= 0.6 is 0 Å². The van der Waals surface area contributed by atoms with Crippen molar-refractivity contribution < 1.29 is 0 Å². The lowest BCUT2D eigenvalue weighted by molar-refractivity contribution is 0.554. The summed E-state index contributed by atoms with van der Waals surface area (Å²) >= 11 is 0. The summed E-state index contributed by atoms with van der Waals surface area (Å²) < 4.78 is 0. The van der Waals surface area contributed by atoms with Crippen molar-refractivity contribution in [3.05, 3.63) is 0 Å². The van der Waals surface area contributed by atoms with Crippen molar-refractivity contribution in [1.29, 1.82) is 0 Å². The van der Waals surface area contributed by atoms with Crippen LogP contribution in [-0.4, -0.2) is 12.1 Å². The van der Waals surface area contributed by atoms with E-state index in [2.05, 4.69) is 15.7 Å². The molecule has 98 valence electrons. The van der Waals surface area contributed by atoms with Crippen LogP contribution < -0.4 is 11.3 Å². The van der Waals surface area contributed by atoms with Crippen molar-refractivity contribution in [2.45, 2.75) is 70.6 Å². The van der Waals surface area contributed by atoms with E-state index in [1.165, 1.54) is 69.8 Å². The lowest BCUT2D eigenvalue weighted by Crippen LogP contribution is -2.07. The number of hydrogen-bond acceptors (Lipinski definition) is 3. The summed E-state index contributed by atoms with van der Waals surface area (Å²) in [6.45, 7) is 0. The number of hydrazone groups is 2. The summed E-state index contributed by atoms with van der Waals surface area (Å²) in [4.78, 5) is 0. The molecule has 0 aromatic heterocycles. The molecule has 1 aliphatic carbocycles. The third-order valence-electron chi connectivity index (χ3n) is 3.27. The second-order valence-electron chi connectivity index (χ2n) is 4.74. The van der Waals surface area contributed by atoms with Crippen LogP contribution in [0.5, 0.6) is 0 Å². The van der Waals surface area contributed by atoms with Crippen LogP contribution in [0, 0.1) is 0 Å². The molecular weight excluding hydrogens is 212 g/mol. The van der Waals surface area contributed by atoms with Gasteiger partial charge in [-0.2, -0.15) is 10.6 Å². The zero-order chi connectivity index (χ0) is 12.2. The molecule has 4 nitrogen and oxygen atoms in total. The zero-order valence-corrected chi connectivity index (χ0v) is 10.8. The molecule has 0 saturated heterocycles. The van der Waals surface area contributed by atoms with Gasteiger partial charge in [0.25, 0.3) is 0 Å². The lowest BCUT2D eigenvalue weighted by Gasteiger charge is -2.08. The highest BCUT2D eigenvalue weighted by Gasteiger charge is 2.02. The van der Waals surface area contributed by atoms with Crippen molar-refractivity contribution in [1.82, 2.24) is 5.53 Å². The van der Waals surface area contributed by atoms with Crippen molar-refractivity contribution in [2.24, 2.45) is 15.9 Å². The first-order valence-corrected chi connectivity index (χ1v) is 6.97. The van der Waals surface area contributed by atoms with Gasteiger partial charge >= 0.3 is 0 Å². The maximum absolute atomic E-state index is 5.16. The number of nitrogens with two attached hydrogens (primary N) is 1.